The van der Waals surface area contributed by atoms with Gasteiger partial charge in [-0.2, -0.15) is 0 Å². The third kappa shape index (κ3) is 3.18. The molecule has 1 aliphatic heterocycles. The molecule has 0 aromatic carbocycles. The van der Waals surface area contributed by atoms with Gasteiger partial charge in [-0.1, -0.05) is 13.8 Å². The largest absolute Gasteiger partial charge is 0.368 e. The van der Waals surface area contributed by atoms with Crippen LogP contribution in [0.3, 0.4) is 0 Å². The zero-order chi connectivity index (χ0) is 11.3. The summed E-state index contributed by atoms with van der Waals surface area (Å²) in [5, 5.41) is 3.34. The van der Waals surface area contributed by atoms with Gasteiger partial charge in [-0.15, -0.1) is 0 Å². The van der Waals surface area contributed by atoms with Gasteiger partial charge in [0.25, 0.3) is 0 Å². The molecule has 0 bridgehead atoms. The van der Waals surface area contributed by atoms with Crippen molar-refractivity contribution in [3.05, 3.63) is 0 Å². The quantitative estimate of drug-likeness (QED) is 0.668. The topological polar surface area (TPSA) is 58.4 Å². The number of hydrogen-bond acceptors (Lipinski definition) is 3. The lowest BCUT2D eigenvalue weighted by Gasteiger charge is -2.33. The first-order valence-corrected chi connectivity index (χ1v) is 5.96. The van der Waals surface area contributed by atoms with Crippen molar-refractivity contribution in [1.29, 1.82) is 0 Å². The zero-order valence-corrected chi connectivity index (χ0v) is 9.83. The highest BCUT2D eigenvalue weighted by Crippen LogP contribution is 2.15. The Balaban J connectivity index is 2.65. The molecule has 0 radical (unpaired) electrons. The Morgan fingerprint density at radius 2 is 2.33 bits per heavy atom. The smallest absolute Gasteiger partial charge is 0.234 e. The number of amides is 1. The average Bonchev–Trinajstić information content (AvgIpc) is 2.69. The summed E-state index contributed by atoms with van der Waals surface area (Å²) in [5.74, 6) is -0.183. The second kappa shape index (κ2) is 6.08. The molecule has 4 heteroatoms. The number of rotatable bonds is 6. The molecule has 1 rings (SSSR count). The Bertz CT molecular complexity index is 202. The highest BCUT2D eigenvalue weighted by atomic mass is 16.1. The summed E-state index contributed by atoms with van der Waals surface area (Å²) in [6.45, 7) is 7.18. The van der Waals surface area contributed by atoms with Gasteiger partial charge in [0.1, 0.15) is 0 Å². The molecule has 2 atom stereocenters. The average molecular weight is 213 g/mol. The van der Waals surface area contributed by atoms with E-state index in [9.17, 15) is 4.79 Å². The monoisotopic (exact) mass is 213 g/mol. The second-order valence-corrected chi connectivity index (χ2v) is 4.21. The third-order valence-corrected chi connectivity index (χ3v) is 3.10. The highest BCUT2D eigenvalue weighted by molar-refractivity contribution is 5.79. The van der Waals surface area contributed by atoms with Crippen LogP contribution in [-0.4, -0.2) is 42.5 Å². The van der Waals surface area contributed by atoms with Crippen molar-refractivity contribution in [2.24, 2.45) is 5.73 Å². The Labute approximate surface area is 92.2 Å². The van der Waals surface area contributed by atoms with E-state index in [1.165, 1.54) is 0 Å². The van der Waals surface area contributed by atoms with Crippen molar-refractivity contribution < 1.29 is 4.79 Å². The standard InChI is InChI=1S/C11H23N3O/c1-3-7-14(9-5-6-13-8-9)10(4-2)11(12)15/h9-10,13H,3-8H2,1-2H3,(H2,12,15). The maximum absolute atomic E-state index is 11.4. The van der Waals surface area contributed by atoms with E-state index < -0.39 is 0 Å². The normalized spacial score (nSPS) is 23.3. The molecule has 1 aliphatic rings. The summed E-state index contributed by atoms with van der Waals surface area (Å²) in [7, 11) is 0. The van der Waals surface area contributed by atoms with Crippen LogP contribution in [0.25, 0.3) is 0 Å². The van der Waals surface area contributed by atoms with Crippen LogP contribution in [-0.2, 0) is 4.79 Å². The lowest BCUT2D eigenvalue weighted by Crippen LogP contribution is -2.50. The van der Waals surface area contributed by atoms with Crippen LogP contribution in [0.2, 0.25) is 0 Å². The fraction of sp³-hybridized carbons (Fsp3) is 0.909. The highest BCUT2D eigenvalue weighted by Gasteiger charge is 2.29. The van der Waals surface area contributed by atoms with Crippen molar-refractivity contribution in [3.8, 4) is 0 Å². The summed E-state index contributed by atoms with van der Waals surface area (Å²) < 4.78 is 0. The molecule has 0 saturated carbocycles. The molecule has 88 valence electrons. The van der Waals surface area contributed by atoms with E-state index >= 15 is 0 Å². The molecule has 1 saturated heterocycles. The van der Waals surface area contributed by atoms with Crippen molar-refractivity contribution in [2.45, 2.75) is 45.2 Å². The molecule has 1 heterocycles. The van der Waals surface area contributed by atoms with E-state index in [4.69, 9.17) is 5.73 Å². The molecule has 1 fully saturated rings. The SMILES string of the molecule is CCCN(C1CCNC1)C(CC)C(N)=O. The molecule has 0 aromatic rings. The van der Waals surface area contributed by atoms with Crippen LogP contribution < -0.4 is 11.1 Å². The number of carbonyl (C=O) groups excluding carboxylic acids is 1. The van der Waals surface area contributed by atoms with E-state index in [0.29, 0.717) is 6.04 Å². The number of primary amides is 1. The van der Waals surface area contributed by atoms with Crippen molar-refractivity contribution >= 4 is 5.91 Å². The minimum Gasteiger partial charge on any atom is -0.368 e. The van der Waals surface area contributed by atoms with Gasteiger partial charge in [0.05, 0.1) is 6.04 Å². The molecule has 15 heavy (non-hydrogen) atoms. The lowest BCUT2D eigenvalue weighted by atomic mass is 10.1. The van der Waals surface area contributed by atoms with Gasteiger partial charge in [-0.05, 0) is 32.4 Å². The molecule has 2 unspecified atom stereocenters. The minimum absolute atomic E-state index is 0.0881. The van der Waals surface area contributed by atoms with Gasteiger partial charge in [0, 0.05) is 12.6 Å². The first-order chi connectivity index (χ1) is 7.20. The molecule has 3 N–H and O–H groups in total. The van der Waals surface area contributed by atoms with Crippen molar-refractivity contribution in [3.63, 3.8) is 0 Å². The fourth-order valence-electron chi connectivity index (χ4n) is 2.37. The van der Waals surface area contributed by atoms with Gasteiger partial charge < -0.3 is 11.1 Å². The summed E-state index contributed by atoms with van der Waals surface area (Å²) >= 11 is 0. The number of carbonyl (C=O) groups is 1. The number of hydrogen-bond donors (Lipinski definition) is 2. The Hall–Kier alpha value is -0.610. The first-order valence-electron chi connectivity index (χ1n) is 5.96. The van der Waals surface area contributed by atoms with Crippen LogP contribution in [0.1, 0.15) is 33.1 Å². The van der Waals surface area contributed by atoms with Gasteiger partial charge in [-0.25, -0.2) is 0 Å². The van der Waals surface area contributed by atoms with E-state index in [1.807, 2.05) is 6.92 Å². The minimum atomic E-state index is -0.183. The molecule has 4 nitrogen and oxygen atoms in total. The van der Waals surface area contributed by atoms with E-state index in [0.717, 1.165) is 38.9 Å². The van der Waals surface area contributed by atoms with Crippen LogP contribution in [0.15, 0.2) is 0 Å². The Kier molecular flexibility index (Phi) is 5.05. The van der Waals surface area contributed by atoms with E-state index in [2.05, 4.69) is 17.1 Å². The third-order valence-electron chi connectivity index (χ3n) is 3.10. The lowest BCUT2D eigenvalue weighted by molar-refractivity contribution is -0.124. The van der Waals surface area contributed by atoms with Crippen molar-refractivity contribution in [2.75, 3.05) is 19.6 Å². The van der Waals surface area contributed by atoms with Crippen LogP contribution in [0.5, 0.6) is 0 Å². The summed E-state index contributed by atoms with van der Waals surface area (Å²) in [5.41, 5.74) is 5.44. The maximum atomic E-state index is 11.4. The van der Waals surface area contributed by atoms with Crippen LogP contribution in [0, 0.1) is 0 Å². The molecular formula is C11H23N3O. The predicted molar refractivity (Wildman–Crippen MR) is 61.5 cm³/mol. The summed E-state index contributed by atoms with van der Waals surface area (Å²) in [4.78, 5) is 13.6. The molecule has 0 aromatic heterocycles. The van der Waals surface area contributed by atoms with Crippen LogP contribution in [0.4, 0.5) is 0 Å². The zero-order valence-electron chi connectivity index (χ0n) is 9.83. The second-order valence-electron chi connectivity index (χ2n) is 4.21. The van der Waals surface area contributed by atoms with Crippen LogP contribution >= 0.6 is 0 Å². The molecule has 0 aliphatic carbocycles. The Morgan fingerprint density at radius 1 is 1.60 bits per heavy atom. The van der Waals surface area contributed by atoms with Crippen molar-refractivity contribution in [1.82, 2.24) is 10.2 Å². The first kappa shape index (κ1) is 12.5. The fourth-order valence-corrected chi connectivity index (χ4v) is 2.37. The molecule has 0 spiro atoms. The Morgan fingerprint density at radius 3 is 2.73 bits per heavy atom. The number of nitrogens with two attached hydrogens (primary N) is 1. The number of nitrogens with zero attached hydrogens (tertiary/aromatic N) is 1. The van der Waals surface area contributed by atoms with E-state index in [-0.39, 0.29) is 11.9 Å². The van der Waals surface area contributed by atoms with E-state index in [1.54, 1.807) is 0 Å². The molecule has 1 amide bonds. The predicted octanol–water partition coefficient (Wildman–Crippen LogP) is 0.324. The number of nitrogens with one attached hydrogen (secondary N) is 1. The maximum Gasteiger partial charge on any atom is 0.234 e. The van der Waals surface area contributed by atoms with Gasteiger partial charge in [0.2, 0.25) is 5.91 Å². The van der Waals surface area contributed by atoms with Gasteiger partial charge in [-0.3, -0.25) is 9.69 Å². The van der Waals surface area contributed by atoms with Gasteiger partial charge in [0.15, 0.2) is 0 Å². The summed E-state index contributed by atoms with van der Waals surface area (Å²) in [6.07, 6.45) is 3.01. The molecular weight excluding hydrogens is 190 g/mol. The summed E-state index contributed by atoms with van der Waals surface area (Å²) in [6, 6.07) is 0.400. The van der Waals surface area contributed by atoms with Gasteiger partial charge >= 0.3 is 0 Å².